The number of pyridine rings is 1. The van der Waals surface area contributed by atoms with Gasteiger partial charge in [-0.15, -0.1) is 10.2 Å². The van der Waals surface area contributed by atoms with Gasteiger partial charge in [0.15, 0.2) is 11.0 Å². The molecule has 0 saturated carbocycles. The summed E-state index contributed by atoms with van der Waals surface area (Å²) >= 11 is 13.3. The summed E-state index contributed by atoms with van der Waals surface area (Å²) in [6.07, 6.45) is 1.43. The van der Waals surface area contributed by atoms with Crippen LogP contribution in [0.4, 0.5) is 11.8 Å². The van der Waals surface area contributed by atoms with Crippen molar-refractivity contribution in [2.45, 2.75) is 17.3 Å². The van der Waals surface area contributed by atoms with Gasteiger partial charge in [0.25, 0.3) is 0 Å². The third-order valence-electron chi connectivity index (χ3n) is 4.63. The van der Waals surface area contributed by atoms with Crippen LogP contribution in [-0.4, -0.2) is 57.2 Å². The van der Waals surface area contributed by atoms with E-state index in [-0.39, 0.29) is 16.7 Å². The van der Waals surface area contributed by atoms with Gasteiger partial charge in [-0.25, -0.2) is 4.98 Å². The van der Waals surface area contributed by atoms with Crippen molar-refractivity contribution in [3.8, 4) is 5.69 Å². The minimum atomic E-state index is -0.474. The Labute approximate surface area is 193 Å². The summed E-state index contributed by atoms with van der Waals surface area (Å²) in [5.74, 6) is 0.742. The molecule has 4 rings (SSSR count). The van der Waals surface area contributed by atoms with Gasteiger partial charge in [-0.3, -0.25) is 9.36 Å². The molecule has 31 heavy (non-hydrogen) atoms. The first kappa shape index (κ1) is 21.9. The fraction of sp³-hybridized carbons (Fsp3) is 0.300. The lowest BCUT2D eigenvalue weighted by atomic mass is 10.3. The van der Waals surface area contributed by atoms with E-state index in [0.717, 1.165) is 24.7 Å². The first-order valence-corrected chi connectivity index (χ1v) is 11.3. The van der Waals surface area contributed by atoms with E-state index in [4.69, 9.17) is 27.9 Å². The molecule has 0 bridgehead atoms. The van der Waals surface area contributed by atoms with Crippen LogP contribution < -0.4 is 10.2 Å². The Balaban J connectivity index is 1.57. The summed E-state index contributed by atoms with van der Waals surface area (Å²) in [6.45, 7) is 4.52. The predicted molar refractivity (Wildman–Crippen MR) is 123 cm³/mol. The summed E-state index contributed by atoms with van der Waals surface area (Å²) < 4.78 is 7.43. The number of carbonyl (C=O) groups is 1. The van der Waals surface area contributed by atoms with E-state index in [1.165, 1.54) is 24.0 Å². The van der Waals surface area contributed by atoms with E-state index in [2.05, 4.69) is 25.4 Å². The maximum Gasteiger partial charge on any atom is 0.238 e. The van der Waals surface area contributed by atoms with E-state index in [9.17, 15) is 4.79 Å². The number of nitrogens with zero attached hydrogens (tertiary/aromatic N) is 5. The van der Waals surface area contributed by atoms with E-state index in [0.29, 0.717) is 23.4 Å². The summed E-state index contributed by atoms with van der Waals surface area (Å²) in [5, 5.41) is 12.4. The third kappa shape index (κ3) is 5.12. The largest absolute Gasteiger partial charge is 0.378 e. The minimum Gasteiger partial charge on any atom is -0.378 e. The number of benzene rings is 1. The zero-order valence-electron chi connectivity index (χ0n) is 16.7. The first-order valence-electron chi connectivity index (χ1n) is 9.65. The lowest BCUT2D eigenvalue weighted by Gasteiger charge is -2.28. The molecule has 1 fully saturated rings. The Morgan fingerprint density at radius 1 is 1.19 bits per heavy atom. The predicted octanol–water partition coefficient (Wildman–Crippen LogP) is 3.93. The Hall–Kier alpha value is -2.33. The highest BCUT2D eigenvalue weighted by Gasteiger charge is 2.25. The van der Waals surface area contributed by atoms with Gasteiger partial charge in [0.05, 0.1) is 34.2 Å². The standard InChI is InChI=1S/C20H20Cl2N6O2S/c1-13(18(29)24-17-16(22)11-14(21)12-23-17)31-20-26-25-19(27-7-9-30-10-8-27)28(20)15-5-3-2-4-6-15/h2-6,11-13H,7-10H2,1H3,(H,23,24,29). The van der Waals surface area contributed by atoms with Crippen LogP contribution in [-0.2, 0) is 9.53 Å². The van der Waals surface area contributed by atoms with Crippen LogP contribution in [0, 0.1) is 0 Å². The monoisotopic (exact) mass is 478 g/mol. The Bertz CT molecular complexity index is 1060. The van der Waals surface area contributed by atoms with Gasteiger partial charge in [-0.1, -0.05) is 53.2 Å². The van der Waals surface area contributed by atoms with E-state index in [1.807, 2.05) is 34.9 Å². The molecule has 1 atom stereocenters. The van der Waals surface area contributed by atoms with Crippen molar-refractivity contribution in [3.05, 3.63) is 52.6 Å². The van der Waals surface area contributed by atoms with Crippen molar-refractivity contribution in [1.29, 1.82) is 0 Å². The topological polar surface area (TPSA) is 85.2 Å². The highest BCUT2D eigenvalue weighted by atomic mass is 35.5. The molecule has 2 aromatic heterocycles. The van der Waals surface area contributed by atoms with Crippen LogP contribution in [0.3, 0.4) is 0 Å². The molecule has 3 aromatic rings. The molecule has 11 heteroatoms. The second-order valence-electron chi connectivity index (χ2n) is 6.79. The molecule has 3 heterocycles. The Morgan fingerprint density at radius 2 is 1.94 bits per heavy atom. The van der Waals surface area contributed by atoms with Gasteiger partial charge < -0.3 is 15.0 Å². The maximum absolute atomic E-state index is 12.8. The number of ether oxygens (including phenoxy) is 1. The maximum atomic E-state index is 12.8. The fourth-order valence-corrected chi connectivity index (χ4v) is 4.34. The molecule has 8 nitrogen and oxygen atoms in total. The number of hydrogen-bond acceptors (Lipinski definition) is 7. The number of aromatic nitrogens is 4. The van der Waals surface area contributed by atoms with Crippen molar-refractivity contribution in [2.24, 2.45) is 0 Å². The SMILES string of the molecule is CC(Sc1nnc(N2CCOCC2)n1-c1ccccc1)C(=O)Nc1ncc(Cl)cc1Cl. The number of thioether (sulfide) groups is 1. The number of para-hydroxylation sites is 1. The molecule has 0 radical (unpaired) electrons. The second-order valence-corrected chi connectivity index (χ2v) is 8.94. The highest BCUT2D eigenvalue weighted by molar-refractivity contribution is 8.00. The molecular formula is C20H20Cl2N6O2S. The molecule has 0 spiro atoms. The first-order chi connectivity index (χ1) is 15.0. The lowest BCUT2D eigenvalue weighted by Crippen LogP contribution is -2.37. The van der Waals surface area contributed by atoms with E-state index < -0.39 is 5.25 Å². The molecule has 1 unspecified atom stereocenters. The zero-order valence-corrected chi connectivity index (χ0v) is 19.0. The molecular weight excluding hydrogens is 459 g/mol. The molecule has 1 aliphatic heterocycles. The summed E-state index contributed by atoms with van der Waals surface area (Å²) in [6, 6.07) is 11.4. The second kappa shape index (κ2) is 9.86. The van der Waals surface area contributed by atoms with Crippen LogP contribution in [0.25, 0.3) is 5.69 Å². The quantitative estimate of drug-likeness (QED) is 0.537. The summed E-state index contributed by atoms with van der Waals surface area (Å²) in [7, 11) is 0. The van der Waals surface area contributed by atoms with Gasteiger partial charge in [-0.2, -0.15) is 0 Å². The van der Waals surface area contributed by atoms with E-state index >= 15 is 0 Å². The molecule has 1 aliphatic rings. The number of amides is 1. The van der Waals surface area contributed by atoms with Gasteiger partial charge in [0, 0.05) is 19.3 Å². The van der Waals surface area contributed by atoms with Crippen molar-refractivity contribution < 1.29 is 9.53 Å². The number of nitrogens with one attached hydrogen (secondary N) is 1. The average molecular weight is 479 g/mol. The van der Waals surface area contributed by atoms with Crippen molar-refractivity contribution >= 4 is 52.6 Å². The average Bonchev–Trinajstić information content (AvgIpc) is 3.20. The van der Waals surface area contributed by atoms with Crippen LogP contribution in [0.15, 0.2) is 47.8 Å². The van der Waals surface area contributed by atoms with Gasteiger partial charge in [0.1, 0.15) is 0 Å². The molecule has 162 valence electrons. The van der Waals surface area contributed by atoms with Crippen molar-refractivity contribution in [2.75, 3.05) is 36.5 Å². The number of anilines is 2. The number of hydrogen-bond donors (Lipinski definition) is 1. The van der Waals surface area contributed by atoms with Gasteiger partial charge in [-0.05, 0) is 25.1 Å². The van der Waals surface area contributed by atoms with Crippen molar-refractivity contribution in [3.63, 3.8) is 0 Å². The summed E-state index contributed by atoms with van der Waals surface area (Å²) in [4.78, 5) is 19.0. The number of halogens is 2. The number of morpholine rings is 1. The number of rotatable bonds is 6. The van der Waals surface area contributed by atoms with Crippen LogP contribution in [0.2, 0.25) is 10.0 Å². The normalized spacial score (nSPS) is 15.0. The molecule has 1 aromatic carbocycles. The molecule has 1 saturated heterocycles. The molecule has 0 aliphatic carbocycles. The molecule has 1 N–H and O–H groups in total. The van der Waals surface area contributed by atoms with E-state index in [1.54, 1.807) is 6.92 Å². The zero-order chi connectivity index (χ0) is 21.8. The van der Waals surface area contributed by atoms with Gasteiger partial charge in [0.2, 0.25) is 11.9 Å². The lowest BCUT2D eigenvalue weighted by molar-refractivity contribution is -0.115. The van der Waals surface area contributed by atoms with Crippen LogP contribution >= 0.6 is 35.0 Å². The van der Waals surface area contributed by atoms with Crippen LogP contribution in [0.5, 0.6) is 0 Å². The smallest absolute Gasteiger partial charge is 0.238 e. The van der Waals surface area contributed by atoms with Gasteiger partial charge >= 0.3 is 0 Å². The summed E-state index contributed by atoms with van der Waals surface area (Å²) in [5.41, 5.74) is 0.923. The minimum absolute atomic E-state index is 0.253. The number of carbonyl (C=O) groups excluding carboxylic acids is 1. The Morgan fingerprint density at radius 3 is 2.65 bits per heavy atom. The fourth-order valence-electron chi connectivity index (χ4n) is 3.05. The highest BCUT2D eigenvalue weighted by Crippen LogP contribution is 2.30. The molecule has 1 amide bonds. The third-order valence-corrected chi connectivity index (χ3v) is 6.16. The van der Waals surface area contributed by atoms with Crippen molar-refractivity contribution in [1.82, 2.24) is 19.7 Å². The Kier molecular flexibility index (Phi) is 6.96. The van der Waals surface area contributed by atoms with Crippen LogP contribution in [0.1, 0.15) is 6.92 Å².